The molecule has 2 aliphatic heterocycles. The second kappa shape index (κ2) is 16.3. The molecule has 5 heterocycles. The van der Waals surface area contributed by atoms with Crippen molar-refractivity contribution in [3.05, 3.63) is 89.0 Å². The standard InChI is InChI=1S/C48H48N8.2C2H6.Zn/c1-17-18(2)26(10)34-33(25(17)9)41-49-42(34)54-44-37-29(13)21(5)22(6)30(14)38(37)46(51-44)56-48-40-32(16)24(8)23(7)31(15)39(40)47(52-48)55-45-36-28(12)20(4)19(3)27(11)35(36)43(50-45)53-41;2*1-2;/h1-16H3;2*1-2H3;/q-2;;;+2. The molecule has 9 rings (SSSR count). The van der Waals surface area contributed by atoms with Crippen molar-refractivity contribution in [3.8, 4) is 45.6 Å². The number of fused-ring (bicyclic) bond motifs is 20. The molecule has 0 spiro atoms. The minimum Gasteiger partial charge on any atom is -0.357 e. The Morgan fingerprint density at radius 2 is 0.393 bits per heavy atom. The van der Waals surface area contributed by atoms with Crippen LogP contribution in [-0.4, -0.2) is 29.9 Å². The van der Waals surface area contributed by atoms with Crippen LogP contribution in [-0.2, 0) is 19.5 Å². The van der Waals surface area contributed by atoms with Crippen LogP contribution in [0.5, 0.6) is 0 Å². The Kier molecular flexibility index (Phi) is 12.1. The summed E-state index contributed by atoms with van der Waals surface area (Å²) in [7, 11) is 0. The molecule has 310 valence electrons. The predicted octanol–water partition coefficient (Wildman–Crippen LogP) is 13.1. The largest absolute Gasteiger partial charge is 2.00 e. The summed E-state index contributed by atoms with van der Waals surface area (Å²) in [4.78, 5) is 42.8. The molecule has 2 aliphatic rings. The number of benzene rings is 4. The van der Waals surface area contributed by atoms with Crippen LogP contribution < -0.4 is 9.97 Å². The maximum atomic E-state index is 5.41. The molecule has 0 aliphatic carbocycles. The van der Waals surface area contributed by atoms with Gasteiger partial charge in [0.1, 0.15) is 0 Å². The number of aromatic nitrogens is 8. The van der Waals surface area contributed by atoms with E-state index in [1.54, 1.807) is 0 Å². The van der Waals surface area contributed by atoms with E-state index in [-0.39, 0.29) is 19.5 Å². The second-order valence-corrected chi connectivity index (χ2v) is 16.5. The normalized spacial score (nSPS) is 11.5. The van der Waals surface area contributed by atoms with Crippen LogP contribution in [0.2, 0.25) is 0 Å². The van der Waals surface area contributed by atoms with Gasteiger partial charge in [0.2, 0.25) is 0 Å². The van der Waals surface area contributed by atoms with E-state index in [2.05, 4.69) is 111 Å². The summed E-state index contributed by atoms with van der Waals surface area (Å²) >= 11 is 0. The molecule has 0 N–H and O–H groups in total. The Bertz CT molecular complexity index is 2780. The first kappa shape index (κ1) is 45.4. The average molecular weight is 862 g/mol. The Balaban J connectivity index is 0.00000121. The van der Waals surface area contributed by atoms with Crippen molar-refractivity contribution >= 4 is 44.1 Å². The Labute approximate surface area is 374 Å². The summed E-state index contributed by atoms with van der Waals surface area (Å²) in [5, 5.41) is 3.97. The van der Waals surface area contributed by atoms with E-state index < -0.39 is 0 Å². The zero-order chi connectivity index (χ0) is 44.1. The van der Waals surface area contributed by atoms with Crippen molar-refractivity contribution in [3.63, 3.8) is 0 Å². The third-order valence-electron chi connectivity index (χ3n) is 14.2. The van der Waals surface area contributed by atoms with E-state index in [4.69, 9.17) is 39.9 Å². The Morgan fingerprint density at radius 1 is 0.230 bits per heavy atom. The molecule has 0 atom stereocenters. The quantitative estimate of drug-likeness (QED) is 0.139. The molecule has 0 saturated heterocycles. The SMILES string of the molecule is CC.CC.Cc1c(C)c(C)c2c(c1C)-c1nc-2nc2[n-]c(nc3nc(nc4[n-]c(n1)c1c(C)c(C)c(C)c(C)c41)-c1c(C)c(C)c(C)c(C)c1-3)c1c(C)c(C)c(C)c(C)c21.[Zn+2]. The maximum Gasteiger partial charge on any atom is 2.00 e. The fourth-order valence-corrected chi connectivity index (χ4v) is 9.38. The van der Waals surface area contributed by atoms with Gasteiger partial charge in [-0.25, -0.2) is 9.97 Å². The van der Waals surface area contributed by atoms with Gasteiger partial charge in [-0.15, -0.1) is 0 Å². The molecule has 61 heavy (non-hydrogen) atoms. The maximum absolute atomic E-state index is 5.41. The van der Waals surface area contributed by atoms with Crippen LogP contribution in [0.25, 0.3) is 89.7 Å². The number of rotatable bonds is 0. The molecule has 0 radical (unpaired) electrons. The molecule has 0 amide bonds. The summed E-state index contributed by atoms with van der Waals surface area (Å²) in [6, 6.07) is 0. The predicted molar refractivity (Wildman–Crippen MR) is 252 cm³/mol. The fourth-order valence-electron chi connectivity index (χ4n) is 9.38. The van der Waals surface area contributed by atoms with Crippen molar-refractivity contribution in [2.24, 2.45) is 0 Å². The van der Waals surface area contributed by atoms with Gasteiger partial charge < -0.3 is 29.9 Å². The van der Waals surface area contributed by atoms with Gasteiger partial charge in [0, 0.05) is 44.8 Å². The number of nitrogens with zero attached hydrogens (tertiary/aromatic N) is 8. The molecule has 7 aromatic rings. The van der Waals surface area contributed by atoms with Crippen LogP contribution in [0.4, 0.5) is 0 Å². The summed E-state index contributed by atoms with van der Waals surface area (Å²) < 4.78 is 0. The number of hydrogen-bond donors (Lipinski definition) is 0. The zero-order valence-corrected chi connectivity index (χ0v) is 43.3. The van der Waals surface area contributed by atoms with E-state index in [0.717, 1.165) is 88.3 Å². The Hall–Kier alpha value is -5.14. The Morgan fingerprint density at radius 3 is 0.574 bits per heavy atom. The number of aryl methyl sites for hydroxylation is 4. The molecule has 4 aromatic carbocycles. The first-order valence-corrected chi connectivity index (χ1v) is 21.6. The molecule has 9 heteroatoms. The van der Waals surface area contributed by atoms with E-state index >= 15 is 0 Å². The minimum atomic E-state index is 0. The topological polar surface area (TPSA) is 106 Å². The first-order valence-electron chi connectivity index (χ1n) is 21.6. The average Bonchev–Trinajstić information content (AvgIpc) is 3.99. The smallest absolute Gasteiger partial charge is 0.357 e. The van der Waals surface area contributed by atoms with Crippen molar-refractivity contribution in [1.82, 2.24) is 39.9 Å². The van der Waals surface area contributed by atoms with Gasteiger partial charge in [-0.2, -0.15) is 0 Å². The van der Waals surface area contributed by atoms with Gasteiger partial charge in [-0.1, -0.05) is 27.7 Å². The van der Waals surface area contributed by atoms with Gasteiger partial charge in [0.25, 0.3) is 0 Å². The van der Waals surface area contributed by atoms with E-state index in [0.29, 0.717) is 45.9 Å². The summed E-state index contributed by atoms with van der Waals surface area (Å²) in [6.07, 6.45) is 0. The van der Waals surface area contributed by atoms with E-state index in [1.807, 2.05) is 27.7 Å². The molecule has 0 unspecified atom stereocenters. The molecule has 8 nitrogen and oxygen atoms in total. The van der Waals surface area contributed by atoms with Crippen LogP contribution in [0, 0.1) is 111 Å². The third-order valence-corrected chi connectivity index (χ3v) is 14.2. The van der Waals surface area contributed by atoms with E-state index in [9.17, 15) is 0 Å². The van der Waals surface area contributed by atoms with Gasteiger partial charge >= 0.3 is 19.5 Å². The van der Waals surface area contributed by atoms with Crippen LogP contribution in [0.15, 0.2) is 0 Å². The summed E-state index contributed by atoms with van der Waals surface area (Å²) in [6.45, 7) is 42.8. The molecule has 0 saturated carbocycles. The summed E-state index contributed by atoms with van der Waals surface area (Å²) in [5.41, 5.74) is 25.3. The van der Waals surface area contributed by atoms with Crippen LogP contribution in [0.1, 0.15) is 117 Å². The van der Waals surface area contributed by atoms with Gasteiger partial charge in [0.05, 0.1) is 23.3 Å². The van der Waals surface area contributed by atoms with Crippen molar-refractivity contribution < 1.29 is 19.5 Å². The molecular formula is C52H60N8Zn. The minimum absolute atomic E-state index is 0. The van der Waals surface area contributed by atoms with Crippen molar-refractivity contribution in [2.75, 3.05) is 0 Å². The van der Waals surface area contributed by atoms with Gasteiger partial charge in [0.15, 0.2) is 0 Å². The van der Waals surface area contributed by atoms with E-state index in [1.165, 1.54) is 44.5 Å². The first-order chi connectivity index (χ1) is 28.4. The second-order valence-electron chi connectivity index (χ2n) is 16.5. The molecule has 8 bridgehead atoms. The van der Waals surface area contributed by atoms with Gasteiger partial charge in [-0.3, -0.25) is 0 Å². The van der Waals surface area contributed by atoms with Crippen molar-refractivity contribution in [2.45, 2.75) is 138 Å². The molecule has 0 fully saturated rings. The monoisotopic (exact) mass is 860 g/mol. The van der Waals surface area contributed by atoms with Crippen molar-refractivity contribution in [1.29, 1.82) is 0 Å². The number of hydrogen-bond acceptors (Lipinski definition) is 6. The zero-order valence-electron chi connectivity index (χ0n) is 40.3. The third kappa shape index (κ3) is 6.39. The van der Waals surface area contributed by atoms with Gasteiger partial charge in [-0.05, 0) is 221 Å². The van der Waals surface area contributed by atoms with Crippen LogP contribution in [0.3, 0.4) is 0 Å². The fraction of sp³-hybridized carbons (Fsp3) is 0.385. The van der Waals surface area contributed by atoms with Crippen LogP contribution >= 0.6 is 0 Å². The molecule has 3 aromatic heterocycles. The summed E-state index contributed by atoms with van der Waals surface area (Å²) in [5.74, 6) is 2.42. The molecular weight excluding hydrogens is 802 g/mol.